The number of nitrogens with zero attached hydrogens (tertiary/aromatic N) is 2. The minimum absolute atomic E-state index is 0.231. The molecule has 0 heterocycles. The molecule has 0 aliphatic heterocycles. The molecule has 0 radical (unpaired) electrons. The van der Waals surface area contributed by atoms with Crippen LogP contribution in [-0.4, -0.2) is 26.2 Å². The fraction of sp³-hybridized carbons (Fsp3) is 0.486. The standard InChI is InChI=1S/C35H50N2/c1-7-11-16-24-37(25-17-12-8-2)32-21-23-34(29(6)27-32)35(30-18-14-13-15-19-30)33-22-20-31(26-28(33)5)36(9-3)10-4/h13-15,18-23,26-27,35H,7-12,16-17,24-25H2,1-6H3. The van der Waals surface area contributed by atoms with Crippen molar-refractivity contribution in [2.75, 3.05) is 36.0 Å². The van der Waals surface area contributed by atoms with Crippen LogP contribution >= 0.6 is 0 Å². The number of hydrogen-bond donors (Lipinski definition) is 0. The molecule has 0 N–H and O–H groups in total. The Bertz CT molecular complexity index is 1060. The third-order valence-electron chi connectivity index (χ3n) is 7.82. The number of aryl methyl sites for hydroxylation is 2. The summed E-state index contributed by atoms with van der Waals surface area (Å²) < 4.78 is 0. The van der Waals surface area contributed by atoms with E-state index < -0.39 is 0 Å². The van der Waals surface area contributed by atoms with Crippen molar-refractivity contribution in [3.8, 4) is 0 Å². The van der Waals surface area contributed by atoms with Gasteiger partial charge in [-0.25, -0.2) is 0 Å². The summed E-state index contributed by atoms with van der Waals surface area (Å²) in [6.07, 6.45) is 7.69. The molecule has 0 saturated carbocycles. The minimum atomic E-state index is 0.231. The number of hydrogen-bond acceptors (Lipinski definition) is 2. The Morgan fingerprint density at radius 3 is 1.49 bits per heavy atom. The van der Waals surface area contributed by atoms with Gasteiger partial charge in [0.15, 0.2) is 0 Å². The van der Waals surface area contributed by atoms with E-state index in [1.807, 2.05) is 0 Å². The van der Waals surface area contributed by atoms with Gasteiger partial charge in [0, 0.05) is 43.5 Å². The fourth-order valence-corrected chi connectivity index (χ4v) is 5.60. The van der Waals surface area contributed by atoms with Crippen LogP contribution in [0.4, 0.5) is 11.4 Å². The molecular weight excluding hydrogens is 448 g/mol. The quantitative estimate of drug-likeness (QED) is 0.152. The third kappa shape index (κ3) is 7.63. The highest BCUT2D eigenvalue weighted by atomic mass is 15.1. The van der Waals surface area contributed by atoms with Crippen LogP contribution in [-0.2, 0) is 0 Å². The van der Waals surface area contributed by atoms with Crippen molar-refractivity contribution in [1.82, 2.24) is 0 Å². The average Bonchev–Trinajstić information content (AvgIpc) is 2.91. The summed E-state index contributed by atoms with van der Waals surface area (Å²) in [5, 5.41) is 0. The summed E-state index contributed by atoms with van der Waals surface area (Å²) in [5.41, 5.74) is 9.63. The Hall–Kier alpha value is -2.74. The smallest absolute Gasteiger partial charge is 0.0369 e. The second kappa shape index (κ2) is 14.9. The van der Waals surface area contributed by atoms with Crippen LogP contribution in [0.1, 0.15) is 100.0 Å². The normalized spacial score (nSPS) is 11.9. The van der Waals surface area contributed by atoms with Crippen molar-refractivity contribution in [3.63, 3.8) is 0 Å². The first kappa shape index (κ1) is 28.8. The minimum Gasteiger partial charge on any atom is -0.372 e. The Balaban J connectivity index is 2.00. The Kier molecular flexibility index (Phi) is 11.6. The van der Waals surface area contributed by atoms with E-state index in [0.29, 0.717) is 0 Å². The summed E-state index contributed by atoms with van der Waals surface area (Å²) in [7, 11) is 0. The van der Waals surface area contributed by atoms with E-state index in [1.165, 1.54) is 77.7 Å². The van der Waals surface area contributed by atoms with Gasteiger partial charge in [-0.3, -0.25) is 0 Å². The molecule has 0 spiro atoms. The first-order chi connectivity index (χ1) is 18.0. The van der Waals surface area contributed by atoms with E-state index in [0.717, 1.165) is 26.2 Å². The maximum atomic E-state index is 2.63. The largest absolute Gasteiger partial charge is 0.372 e. The molecule has 200 valence electrons. The highest BCUT2D eigenvalue weighted by Gasteiger charge is 2.22. The molecule has 2 nitrogen and oxygen atoms in total. The first-order valence-corrected chi connectivity index (χ1v) is 14.8. The lowest BCUT2D eigenvalue weighted by atomic mass is 9.81. The second-order valence-electron chi connectivity index (χ2n) is 10.5. The lowest BCUT2D eigenvalue weighted by molar-refractivity contribution is 0.636. The maximum Gasteiger partial charge on any atom is 0.0369 e. The molecule has 3 aromatic carbocycles. The van der Waals surface area contributed by atoms with Gasteiger partial charge in [-0.05, 0) is 92.6 Å². The van der Waals surface area contributed by atoms with Gasteiger partial charge in [0.05, 0.1) is 0 Å². The van der Waals surface area contributed by atoms with Crippen molar-refractivity contribution < 1.29 is 0 Å². The molecule has 0 aliphatic rings. The summed E-state index contributed by atoms with van der Waals surface area (Å²) in [6, 6.07) is 25.4. The van der Waals surface area contributed by atoms with E-state index in [1.54, 1.807) is 0 Å². The van der Waals surface area contributed by atoms with Crippen LogP contribution in [0.3, 0.4) is 0 Å². The van der Waals surface area contributed by atoms with Crippen LogP contribution in [0.2, 0.25) is 0 Å². The topological polar surface area (TPSA) is 6.48 Å². The highest BCUT2D eigenvalue weighted by molar-refractivity contribution is 5.58. The summed E-state index contributed by atoms with van der Waals surface area (Å²) in [4.78, 5) is 5.06. The maximum absolute atomic E-state index is 2.63. The fourth-order valence-electron chi connectivity index (χ4n) is 5.60. The second-order valence-corrected chi connectivity index (χ2v) is 10.5. The van der Waals surface area contributed by atoms with Crippen molar-refractivity contribution >= 4 is 11.4 Å². The first-order valence-electron chi connectivity index (χ1n) is 14.8. The van der Waals surface area contributed by atoms with Gasteiger partial charge in [0.1, 0.15) is 0 Å². The van der Waals surface area contributed by atoms with E-state index >= 15 is 0 Å². The van der Waals surface area contributed by atoms with Crippen LogP contribution < -0.4 is 9.80 Å². The molecule has 0 aliphatic carbocycles. The van der Waals surface area contributed by atoms with Crippen LogP contribution in [0, 0.1) is 13.8 Å². The van der Waals surface area contributed by atoms with Gasteiger partial charge in [0.2, 0.25) is 0 Å². The number of unbranched alkanes of at least 4 members (excludes halogenated alkanes) is 4. The van der Waals surface area contributed by atoms with Crippen molar-refractivity contribution in [1.29, 1.82) is 0 Å². The van der Waals surface area contributed by atoms with Gasteiger partial charge in [-0.1, -0.05) is 82.0 Å². The predicted molar refractivity (Wildman–Crippen MR) is 165 cm³/mol. The molecule has 37 heavy (non-hydrogen) atoms. The zero-order valence-electron chi connectivity index (χ0n) is 24.4. The van der Waals surface area contributed by atoms with E-state index in [-0.39, 0.29) is 5.92 Å². The van der Waals surface area contributed by atoms with Gasteiger partial charge in [0.25, 0.3) is 0 Å². The molecule has 3 rings (SSSR count). The van der Waals surface area contributed by atoms with E-state index in [2.05, 4.69) is 118 Å². The molecule has 0 bridgehead atoms. The Morgan fingerprint density at radius 2 is 1.05 bits per heavy atom. The molecule has 0 fully saturated rings. The van der Waals surface area contributed by atoms with Gasteiger partial charge in [-0.15, -0.1) is 0 Å². The predicted octanol–water partition coefficient (Wildman–Crippen LogP) is 9.52. The molecule has 2 heteroatoms. The number of rotatable bonds is 15. The summed E-state index contributed by atoms with van der Waals surface area (Å²) in [6.45, 7) is 18.0. The van der Waals surface area contributed by atoms with Gasteiger partial charge in [-0.2, -0.15) is 0 Å². The lowest BCUT2D eigenvalue weighted by Gasteiger charge is -2.28. The molecule has 1 atom stereocenters. The monoisotopic (exact) mass is 498 g/mol. The van der Waals surface area contributed by atoms with Crippen molar-refractivity contribution in [2.24, 2.45) is 0 Å². The van der Waals surface area contributed by atoms with Crippen molar-refractivity contribution in [3.05, 3.63) is 94.5 Å². The Labute approximate surface area is 227 Å². The summed E-state index contributed by atoms with van der Waals surface area (Å²) in [5.74, 6) is 0.231. The zero-order valence-corrected chi connectivity index (χ0v) is 24.4. The highest BCUT2D eigenvalue weighted by Crippen LogP contribution is 2.38. The lowest BCUT2D eigenvalue weighted by Crippen LogP contribution is -2.26. The van der Waals surface area contributed by atoms with Gasteiger partial charge >= 0.3 is 0 Å². The molecule has 3 aromatic rings. The molecule has 0 saturated heterocycles. The van der Waals surface area contributed by atoms with E-state index in [4.69, 9.17) is 0 Å². The van der Waals surface area contributed by atoms with Crippen molar-refractivity contribution in [2.45, 2.75) is 86.0 Å². The van der Waals surface area contributed by atoms with Crippen LogP contribution in [0.5, 0.6) is 0 Å². The summed E-state index contributed by atoms with van der Waals surface area (Å²) >= 11 is 0. The zero-order chi connectivity index (χ0) is 26.6. The molecule has 1 unspecified atom stereocenters. The SMILES string of the molecule is CCCCCN(CCCCC)c1ccc(C(c2ccccc2)c2ccc(N(CC)CC)cc2C)c(C)c1. The van der Waals surface area contributed by atoms with E-state index in [9.17, 15) is 0 Å². The third-order valence-corrected chi connectivity index (χ3v) is 7.82. The average molecular weight is 499 g/mol. The molecule has 0 aromatic heterocycles. The van der Waals surface area contributed by atoms with Gasteiger partial charge < -0.3 is 9.80 Å². The van der Waals surface area contributed by atoms with Crippen LogP contribution in [0.25, 0.3) is 0 Å². The number of anilines is 2. The van der Waals surface area contributed by atoms with Crippen LogP contribution in [0.15, 0.2) is 66.7 Å². The Morgan fingerprint density at radius 1 is 0.568 bits per heavy atom. The molecule has 0 amide bonds. The number of benzene rings is 3. The molecular formula is C35H50N2.